The Bertz CT molecular complexity index is 459. The smallest absolute Gasteiger partial charge is 0.326 e. The molecule has 20 heavy (non-hydrogen) atoms. The van der Waals surface area contributed by atoms with Gasteiger partial charge in [-0.15, -0.1) is 11.3 Å². The number of carbonyl (C=O) groups excluding carboxylic acids is 1. The van der Waals surface area contributed by atoms with E-state index in [1.54, 1.807) is 11.3 Å². The summed E-state index contributed by atoms with van der Waals surface area (Å²) in [7, 11) is 0. The molecule has 0 spiro atoms. The van der Waals surface area contributed by atoms with Gasteiger partial charge in [-0.3, -0.25) is 4.79 Å². The van der Waals surface area contributed by atoms with Crippen molar-refractivity contribution in [2.24, 2.45) is 5.92 Å². The van der Waals surface area contributed by atoms with Crippen molar-refractivity contribution in [1.82, 2.24) is 5.32 Å². The molecule has 0 saturated carbocycles. The van der Waals surface area contributed by atoms with Crippen molar-refractivity contribution >= 4 is 39.1 Å². The summed E-state index contributed by atoms with van der Waals surface area (Å²) in [4.78, 5) is 24.0. The van der Waals surface area contributed by atoms with Crippen LogP contribution >= 0.6 is 27.3 Å². The monoisotopic (exact) mass is 361 g/mol. The highest BCUT2D eigenvalue weighted by Crippen LogP contribution is 2.23. The van der Waals surface area contributed by atoms with Gasteiger partial charge in [0.1, 0.15) is 6.04 Å². The van der Waals surface area contributed by atoms with E-state index in [9.17, 15) is 9.59 Å². The number of halogens is 1. The van der Waals surface area contributed by atoms with Crippen LogP contribution in [0.4, 0.5) is 0 Å². The zero-order valence-corrected chi connectivity index (χ0v) is 14.1. The largest absolute Gasteiger partial charge is 0.480 e. The van der Waals surface area contributed by atoms with Crippen molar-refractivity contribution in [3.05, 3.63) is 20.8 Å². The molecule has 1 aromatic rings. The maximum atomic E-state index is 11.8. The topological polar surface area (TPSA) is 66.4 Å². The van der Waals surface area contributed by atoms with Gasteiger partial charge in [0.25, 0.3) is 0 Å². The van der Waals surface area contributed by atoms with Crippen LogP contribution in [0.25, 0.3) is 0 Å². The Morgan fingerprint density at radius 2 is 2.10 bits per heavy atom. The van der Waals surface area contributed by atoms with Gasteiger partial charge >= 0.3 is 5.97 Å². The van der Waals surface area contributed by atoms with E-state index in [2.05, 4.69) is 21.2 Å². The lowest BCUT2D eigenvalue weighted by molar-refractivity contribution is -0.142. The second kappa shape index (κ2) is 8.42. The number of aryl methyl sites for hydroxylation is 1. The van der Waals surface area contributed by atoms with E-state index in [0.29, 0.717) is 12.8 Å². The number of carboxylic acid groups (broad SMARTS) is 1. The number of amides is 1. The van der Waals surface area contributed by atoms with Crippen molar-refractivity contribution in [3.63, 3.8) is 0 Å². The SMILES string of the molecule is CC(C)C[C@H](NC(=O)CCCc1ccc(Br)s1)C(=O)O. The zero-order chi connectivity index (χ0) is 15.1. The standard InChI is InChI=1S/C14H20BrNO3S/c1-9(2)8-11(14(18)19)16-13(17)5-3-4-10-6-7-12(15)20-10/h6-7,9,11H,3-5,8H2,1-2H3,(H,16,17)(H,18,19)/t11-/m0/s1. The summed E-state index contributed by atoms with van der Waals surface area (Å²) in [6, 6.07) is 3.24. The Morgan fingerprint density at radius 3 is 2.60 bits per heavy atom. The molecule has 0 radical (unpaired) electrons. The third kappa shape index (κ3) is 6.52. The summed E-state index contributed by atoms with van der Waals surface area (Å²) < 4.78 is 1.08. The number of rotatable bonds is 8. The first-order valence-corrected chi connectivity index (χ1v) is 8.25. The fourth-order valence-corrected chi connectivity index (χ4v) is 3.39. The number of carboxylic acids is 1. The first-order valence-electron chi connectivity index (χ1n) is 6.65. The third-order valence-electron chi connectivity index (χ3n) is 2.80. The molecule has 1 rings (SSSR count). The van der Waals surface area contributed by atoms with E-state index in [0.717, 1.165) is 16.6 Å². The highest BCUT2D eigenvalue weighted by atomic mass is 79.9. The molecule has 0 fully saturated rings. The Hall–Kier alpha value is -0.880. The molecule has 0 bridgehead atoms. The number of aliphatic carboxylic acids is 1. The Balaban J connectivity index is 2.32. The van der Waals surface area contributed by atoms with Crippen LogP contribution in [-0.4, -0.2) is 23.0 Å². The molecule has 6 heteroatoms. The first-order chi connectivity index (χ1) is 9.38. The predicted octanol–water partition coefficient (Wildman–Crippen LogP) is 3.45. The summed E-state index contributed by atoms with van der Waals surface area (Å²) in [5, 5.41) is 11.7. The predicted molar refractivity (Wildman–Crippen MR) is 84.0 cm³/mol. The quantitative estimate of drug-likeness (QED) is 0.744. The van der Waals surface area contributed by atoms with Crippen molar-refractivity contribution in [2.75, 3.05) is 0 Å². The van der Waals surface area contributed by atoms with Gasteiger partial charge in [0.2, 0.25) is 5.91 Å². The Morgan fingerprint density at radius 1 is 1.40 bits per heavy atom. The molecule has 0 aliphatic rings. The van der Waals surface area contributed by atoms with Crippen LogP contribution in [0.5, 0.6) is 0 Å². The van der Waals surface area contributed by atoms with Gasteiger partial charge in [-0.2, -0.15) is 0 Å². The van der Waals surface area contributed by atoms with Gasteiger partial charge in [-0.1, -0.05) is 13.8 Å². The van der Waals surface area contributed by atoms with Crippen LogP contribution in [0.1, 0.15) is 38.0 Å². The molecule has 1 aromatic heterocycles. The van der Waals surface area contributed by atoms with Crippen LogP contribution in [0.2, 0.25) is 0 Å². The average molecular weight is 362 g/mol. The highest BCUT2D eigenvalue weighted by Gasteiger charge is 2.20. The van der Waals surface area contributed by atoms with Gasteiger partial charge in [0.05, 0.1) is 3.79 Å². The van der Waals surface area contributed by atoms with Gasteiger partial charge in [0.15, 0.2) is 0 Å². The summed E-state index contributed by atoms with van der Waals surface area (Å²) in [6.07, 6.45) is 2.38. The highest BCUT2D eigenvalue weighted by molar-refractivity contribution is 9.11. The first kappa shape index (κ1) is 17.2. The zero-order valence-electron chi connectivity index (χ0n) is 11.7. The molecule has 2 N–H and O–H groups in total. The van der Waals surface area contributed by atoms with E-state index in [1.165, 1.54) is 4.88 Å². The van der Waals surface area contributed by atoms with Crippen LogP contribution in [0, 0.1) is 5.92 Å². The molecule has 1 atom stereocenters. The van der Waals surface area contributed by atoms with Crippen LogP contribution < -0.4 is 5.32 Å². The summed E-state index contributed by atoms with van der Waals surface area (Å²) in [5.74, 6) is -0.914. The van der Waals surface area contributed by atoms with Crippen molar-refractivity contribution in [1.29, 1.82) is 0 Å². The lowest BCUT2D eigenvalue weighted by Crippen LogP contribution is -2.41. The van der Waals surface area contributed by atoms with E-state index in [-0.39, 0.29) is 11.8 Å². The number of thiophene rings is 1. The van der Waals surface area contributed by atoms with Gasteiger partial charge in [-0.05, 0) is 53.2 Å². The minimum atomic E-state index is -0.964. The molecule has 1 amide bonds. The minimum Gasteiger partial charge on any atom is -0.480 e. The van der Waals surface area contributed by atoms with Crippen LogP contribution in [0.3, 0.4) is 0 Å². The van der Waals surface area contributed by atoms with Crippen molar-refractivity contribution < 1.29 is 14.7 Å². The fourth-order valence-electron chi connectivity index (χ4n) is 1.87. The van der Waals surface area contributed by atoms with Crippen molar-refractivity contribution in [2.45, 2.75) is 45.6 Å². The van der Waals surface area contributed by atoms with E-state index >= 15 is 0 Å². The van der Waals surface area contributed by atoms with E-state index in [4.69, 9.17) is 5.11 Å². The van der Waals surface area contributed by atoms with Crippen molar-refractivity contribution in [3.8, 4) is 0 Å². The van der Waals surface area contributed by atoms with E-state index < -0.39 is 12.0 Å². The summed E-state index contributed by atoms with van der Waals surface area (Å²) >= 11 is 5.06. The minimum absolute atomic E-state index is 0.186. The molecule has 0 aliphatic heterocycles. The average Bonchev–Trinajstić information content (AvgIpc) is 2.73. The normalized spacial score (nSPS) is 12.4. The third-order valence-corrected chi connectivity index (χ3v) is 4.48. The van der Waals surface area contributed by atoms with Gasteiger partial charge in [0, 0.05) is 11.3 Å². The van der Waals surface area contributed by atoms with Gasteiger partial charge in [-0.25, -0.2) is 4.79 Å². The van der Waals surface area contributed by atoms with Crippen LogP contribution in [0.15, 0.2) is 15.9 Å². The fraction of sp³-hybridized carbons (Fsp3) is 0.571. The molecule has 0 unspecified atom stereocenters. The molecule has 112 valence electrons. The lowest BCUT2D eigenvalue weighted by Gasteiger charge is -2.16. The van der Waals surface area contributed by atoms with Gasteiger partial charge < -0.3 is 10.4 Å². The number of carbonyl (C=O) groups is 2. The molecular weight excluding hydrogens is 342 g/mol. The second-order valence-electron chi connectivity index (χ2n) is 5.15. The Kier molecular flexibility index (Phi) is 7.23. The molecule has 0 saturated heterocycles. The lowest BCUT2D eigenvalue weighted by atomic mass is 10.0. The van der Waals surface area contributed by atoms with Crippen LogP contribution in [-0.2, 0) is 16.0 Å². The maximum absolute atomic E-state index is 11.8. The molecular formula is C14H20BrNO3S. The number of hydrogen-bond donors (Lipinski definition) is 2. The number of nitrogens with one attached hydrogen (secondary N) is 1. The van der Waals surface area contributed by atoms with E-state index in [1.807, 2.05) is 26.0 Å². The maximum Gasteiger partial charge on any atom is 0.326 e. The second-order valence-corrected chi connectivity index (χ2v) is 7.69. The summed E-state index contributed by atoms with van der Waals surface area (Å²) in [6.45, 7) is 3.88. The molecule has 4 nitrogen and oxygen atoms in total. The molecule has 0 aromatic carbocycles. The number of hydrogen-bond acceptors (Lipinski definition) is 3. The molecule has 0 aliphatic carbocycles. The molecule has 1 heterocycles. The Labute approximate surface area is 131 Å². The summed E-state index contributed by atoms with van der Waals surface area (Å²) in [5.41, 5.74) is 0.